The number of hydrogen-bond donors (Lipinski definition) is 2. The number of rotatable bonds is 5. The molecule has 1 fully saturated rings. The van der Waals surface area contributed by atoms with Crippen molar-refractivity contribution in [3.05, 3.63) is 51.9 Å². The van der Waals surface area contributed by atoms with Crippen molar-refractivity contribution in [1.29, 1.82) is 0 Å². The fourth-order valence-electron chi connectivity index (χ4n) is 4.11. The first-order valence-corrected chi connectivity index (χ1v) is 10.2. The largest absolute Gasteiger partial charge is 0.365 e. The van der Waals surface area contributed by atoms with Crippen molar-refractivity contribution in [2.75, 3.05) is 5.32 Å². The Bertz CT molecular complexity index is 843. The van der Waals surface area contributed by atoms with Gasteiger partial charge in [-0.1, -0.05) is 43.7 Å². The number of carbonyl (C=O) groups is 2. The lowest BCUT2D eigenvalue weighted by Gasteiger charge is -2.20. The van der Waals surface area contributed by atoms with Gasteiger partial charge in [-0.3, -0.25) is 9.59 Å². The maximum absolute atomic E-state index is 12.7. The Kier molecular flexibility index (Phi) is 4.57. The van der Waals surface area contributed by atoms with E-state index >= 15 is 0 Å². The van der Waals surface area contributed by atoms with Gasteiger partial charge in [-0.15, -0.1) is 11.3 Å². The second kappa shape index (κ2) is 6.88. The van der Waals surface area contributed by atoms with Crippen LogP contribution >= 0.6 is 11.3 Å². The number of carbonyl (C=O) groups excluding carboxylic acids is 2. The number of hydrogen-bond acceptors (Lipinski definition) is 3. The molecule has 1 aromatic heterocycles. The summed E-state index contributed by atoms with van der Waals surface area (Å²) in [5.41, 5.74) is 8.47. The molecule has 136 valence electrons. The lowest BCUT2D eigenvalue weighted by Crippen LogP contribution is -2.20. The topological polar surface area (TPSA) is 72.2 Å². The van der Waals surface area contributed by atoms with Crippen molar-refractivity contribution in [2.24, 2.45) is 17.6 Å². The highest BCUT2D eigenvalue weighted by atomic mass is 32.1. The summed E-state index contributed by atoms with van der Waals surface area (Å²) in [6, 6.07) is 10.1. The van der Waals surface area contributed by atoms with E-state index in [-0.39, 0.29) is 17.7 Å². The monoisotopic (exact) mass is 368 g/mol. The molecule has 0 bridgehead atoms. The lowest BCUT2D eigenvalue weighted by atomic mass is 9.85. The second-order valence-electron chi connectivity index (χ2n) is 7.44. The highest BCUT2D eigenvalue weighted by Crippen LogP contribution is 2.48. The van der Waals surface area contributed by atoms with Gasteiger partial charge in [-0.05, 0) is 48.6 Å². The molecule has 2 aromatic rings. The average molecular weight is 369 g/mol. The Morgan fingerprint density at radius 2 is 2.04 bits per heavy atom. The smallest absolute Gasteiger partial charge is 0.251 e. The summed E-state index contributed by atoms with van der Waals surface area (Å²) < 4.78 is 0. The van der Waals surface area contributed by atoms with Crippen LogP contribution in [0.4, 0.5) is 5.00 Å². The van der Waals surface area contributed by atoms with E-state index in [9.17, 15) is 9.59 Å². The zero-order chi connectivity index (χ0) is 18.3. The number of fused-ring (bicyclic) bond motifs is 1. The van der Waals surface area contributed by atoms with Gasteiger partial charge in [-0.25, -0.2) is 0 Å². The van der Waals surface area contributed by atoms with E-state index in [2.05, 4.69) is 24.4 Å². The van der Waals surface area contributed by atoms with Crippen LogP contribution in [0, 0.1) is 11.8 Å². The van der Waals surface area contributed by atoms with E-state index in [4.69, 9.17) is 5.73 Å². The number of amides is 2. The maximum Gasteiger partial charge on any atom is 0.251 e. The molecule has 3 N–H and O–H groups in total. The fraction of sp³-hybridized carbons (Fsp3) is 0.429. The summed E-state index contributed by atoms with van der Waals surface area (Å²) >= 11 is 1.55. The Morgan fingerprint density at radius 3 is 2.73 bits per heavy atom. The van der Waals surface area contributed by atoms with E-state index in [0.29, 0.717) is 16.5 Å². The first kappa shape index (κ1) is 17.3. The first-order chi connectivity index (χ1) is 12.6. The summed E-state index contributed by atoms with van der Waals surface area (Å²) in [6.45, 7) is 2.21. The lowest BCUT2D eigenvalue weighted by molar-refractivity contribution is -0.117. The summed E-state index contributed by atoms with van der Waals surface area (Å²) in [6.07, 6.45) is 4.97. The van der Waals surface area contributed by atoms with Crippen molar-refractivity contribution in [3.63, 3.8) is 0 Å². The number of primary amides is 1. The van der Waals surface area contributed by atoms with Gasteiger partial charge >= 0.3 is 0 Å². The molecule has 2 amide bonds. The quantitative estimate of drug-likeness (QED) is 0.834. The molecule has 0 spiro atoms. The molecule has 1 saturated carbocycles. The van der Waals surface area contributed by atoms with Crippen LogP contribution in [0.2, 0.25) is 0 Å². The molecule has 26 heavy (non-hydrogen) atoms. The van der Waals surface area contributed by atoms with Crippen molar-refractivity contribution in [2.45, 2.75) is 44.9 Å². The minimum absolute atomic E-state index is 0.00647. The molecule has 0 radical (unpaired) electrons. The molecule has 0 aliphatic heterocycles. The molecule has 3 unspecified atom stereocenters. The van der Waals surface area contributed by atoms with E-state index in [1.807, 2.05) is 18.2 Å². The van der Waals surface area contributed by atoms with Crippen molar-refractivity contribution in [3.8, 4) is 0 Å². The van der Waals surface area contributed by atoms with Gasteiger partial charge in [0.25, 0.3) is 5.91 Å². The predicted octanol–water partition coefficient (Wildman–Crippen LogP) is 4.10. The molecule has 4 nitrogen and oxygen atoms in total. The van der Waals surface area contributed by atoms with E-state index < -0.39 is 5.91 Å². The molecule has 4 rings (SSSR count). The van der Waals surface area contributed by atoms with E-state index in [1.54, 1.807) is 11.3 Å². The molecule has 3 atom stereocenters. The molecular formula is C21H24N2O2S. The number of nitrogens with one attached hydrogen (secondary N) is 1. The molecule has 0 saturated heterocycles. The van der Waals surface area contributed by atoms with E-state index in [0.717, 1.165) is 37.7 Å². The third-order valence-electron chi connectivity index (χ3n) is 5.78. The number of anilines is 1. The highest BCUT2D eigenvalue weighted by molar-refractivity contribution is 7.17. The van der Waals surface area contributed by atoms with Crippen LogP contribution in [0.15, 0.2) is 30.3 Å². The SMILES string of the molecule is CCC1CCc2c(sc(NC(=O)C3CC3c3ccccc3)c2C(N)=O)C1. The van der Waals surface area contributed by atoms with Gasteiger partial charge < -0.3 is 11.1 Å². The van der Waals surface area contributed by atoms with E-state index in [1.165, 1.54) is 10.4 Å². The number of nitrogens with two attached hydrogens (primary N) is 1. The predicted molar refractivity (Wildman–Crippen MR) is 105 cm³/mol. The normalized spacial score (nSPS) is 24.0. The molecular weight excluding hydrogens is 344 g/mol. The maximum atomic E-state index is 12.7. The van der Waals surface area contributed by atoms with Crippen LogP contribution < -0.4 is 11.1 Å². The molecule has 1 heterocycles. The van der Waals surface area contributed by atoms with Gasteiger partial charge in [0, 0.05) is 10.8 Å². The third kappa shape index (κ3) is 3.16. The first-order valence-electron chi connectivity index (χ1n) is 9.38. The van der Waals surface area contributed by atoms with Crippen LogP contribution in [0.3, 0.4) is 0 Å². The number of thiophene rings is 1. The van der Waals surface area contributed by atoms with Gasteiger partial charge in [0.15, 0.2) is 0 Å². The zero-order valence-corrected chi connectivity index (χ0v) is 15.8. The fourth-order valence-corrected chi connectivity index (χ4v) is 5.48. The Labute approximate surface area is 157 Å². The summed E-state index contributed by atoms with van der Waals surface area (Å²) in [4.78, 5) is 26.0. The minimum Gasteiger partial charge on any atom is -0.365 e. The molecule has 5 heteroatoms. The zero-order valence-electron chi connectivity index (χ0n) is 15.0. The van der Waals surface area contributed by atoms with Crippen LogP contribution in [-0.4, -0.2) is 11.8 Å². The van der Waals surface area contributed by atoms with Gasteiger partial charge in [-0.2, -0.15) is 0 Å². The minimum atomic E-state index is -0.428. The Balaban J connectivity index is 1.52. The van der Waals surface area contributed by atoms with Crippen LogP contribution in [0.1, 0.15) is 58.5 Å². The average Bonchev–Trinajstić information content (AvgIpc) is 3.37. The number of benzene rings is 1. The summed E-state index contributed by atoms with van der Waals surface area (Å²) in [5.74, 6) is 0.513. The van der Waals surface area contributed by atoms with Crippen molar-refractivity contribution < 1.29 is 9.59 Å². The van der Waals surface area contributed by atoms with Gasteiger partial charge in [0.05, 0.1) is 5.56 Å². The standard InChI is InChI=1S/C21H24N2O2S/c1-2-12-8-9-14-17(10-12)26-21(18(14)19(22)24)23-20(25)16-11-15(16)13-6-4-3-5-7-13/h3-7,12,15-16H,2,8-11H2,1H3,(H2,22,24)(H,23,25). The second-order valence-corrected chi connectivity index (χ2v) is 8.54. The van der Waals surface area contributed by atoms with Crippen LogP contribution in [0.25, 0.3) is 0 Å². The summed E-state index contributed by atoms with van der Waals surface area (Å²) in [7, 11) is 0. The van der Waals surface area contributed by atoms with Crippen molar-refractivity contribution in [1.82, 2.24) is 0 Å². The van der Waals surface area contributed by atoms with Crippen LogP contribution in [-0.2, 0) is 17.6 Å². The molecule has 1 aromatic carbocycles. The highest BCUT2D eigenvalue weighted by Gasteiger charge is 2.44. The Morgan fingerprint density at radius 1 is 1.27 bits per heavy atom. The summed E-state index contributed by atoms with van der Waals surface area (Å²) in [5, 5.41) is 3.68. The molecule has 2 aliphatic carbocycles. The Hall–Kier alpha value is -2.14. The molecule has 2 aliphatic rings. The van der Waals surface area contributed by atoms with Crippen LogP contribution in [0.5, 0.6) is 0 Å². The third-order valence-corrected chi connectivity index (χ3v) is 6.95. The van der Waals surface area contributed by atoms with Crippen molar-refractivity contribution >= 4 is 28.2 Å². The van der Waals surface area contributed by atoms with Gasteiger partial charge in [0.1, 0.15) is 5.00 Å². The van der Waals surface area contributed by atoms with Gasteiger partial charge in [0.2, 0.25) is 5.91 Å².